The fraction of sp³-hybridized carbons (Fsp3) is 0.250. The molecule has 0 saturated heterocycles. The SMILES string of the molecule is CN(C)c1ccc2c(c1Cl)Nc1cccc(N(C)C)c1S2. The molecule has 0 saturated carbocycles. The third kappa shape index (κ3) is 2.43. The number of halogens is 1. The van der Waals surface area contributed by atoms with E-state index in [2.05, 4.69) is 54.6 Å². The maximum atomic E-state index is 6.56. The molecule has 0 aliphatic carbocycles. The smallest absolute Gasteiger partial charge is 0.0885 e. The lowest BCUT2D eigenvalue weighted by Gasteiger charge is -2.28. The van der Waals surface area contributed by atoms with Gasteiger partial charge in [0.15, 0.2) is 0 Å². The fourth-order valence-corrected chi connectivity index (χ4v) is 4.05. The molecule has 2 aromatic carbocycles. The van der Waals surface area contributed by atoms with E-state index in [1.165, 1.54) is 10.6 Å². The summed E-state index contributed by atoms with van der Waals surface area (Å²) in [5.41, 5.74) is 4.34. The van der Waals surface area contributed by atoms with E-state index in [1.54, 1.807) is 11.8 Å². The van der Waals surface area contributed by atoms with E-state index in [0.29, 0.717) is 0 Å². The fourth-order valence-electron chi connectivity index (χ4n) is 2.42. The predicted molar refractivity (Wildman–Crippen MR) is 94.0 cm³/mol. The first-order valence-corrected chi connectivity index (χ1v) is 7.93. The van der Waals surface area contributed by atoms with Crippen LogP contribution in [-0.4, -0.2) is 28.2 Å². The van der Waals surface area contributed by atoms with Crippen LogP contribution < -0.4 is 15.1 Å². The summed E-state index contributed by atoms with van der Waals surface area (Å²) in [6, 6.07) is 10.5. The van der Waals surface area contributed by atoms with Crippen LogP contribution in [0.25, 0.3) is 0 Å². The number of anilines is 4. The van der Waals surface area contributed by atoms with Crippen LogP contribution in [0.1, 0.15) is 0 Å². The standard InChI is InChI=1S/C16H18ClN3S/c1-19(2)11-8-9-13-15(14(11)17)18-10-6-5-7-12(20(3)4)16(10)21-13/h5-9,18H,1-4H3. The largest absolute Gasteiger partial charge is 0.377 e. The molecule has 2 aromatic rings. The van der Waals surface area contributed by atoms with Crippen molar-refractivity contribution in [3.63, 3.8) is 0 Å². The second kappa shape index (κ2) is 5.35. The maximum absolute atomic E-state index is 6.56. The predicted octanol–water partition coefficient (Wildman–Crippen LogP) is 4.68. The average molecular weight is 320 g/mol. The molecule has 0 atom stereocenters. The van der Waals surface area contributed by atoms with Gasteiger partial charge in [0.25, 0.3) is 0 Å². The number of nitrogens with zero attached hydrogens (tertiary/aromatic N) is 2. The van der Waals surface area contributed by atoms with Gasteiger partial charge >= 0.3 is 0 Å². The summed E-state index contributed by atoms with van der Waals surface area (Å²) in [6.45, 7) is 0. The molecule has 0 unspecified atom stereocenters. The molecule has 0 radical (unpaired) electrons. The van der Waals surface area contributed by atoms with Crippen LogP contribution in [0.2, 0.25) is 5.02 Å². The molecule has 0 amide bonds. The van der Waals surface area contributed by atoms with E-state index >= 15 is 0 Å². The zero-order valence-corrected chi connectivity index (χ0v) is 14.1. The Morgan fingerprint density at radius 2 is 1.67 bits per heavy atom. The zero-order chi connectivity index (χ0) is 15.1. The van der Waals surface area contributed by atoms with Gasteiger partial charge in [0.05, 0.1) is 32.7 Å². The highest BCUT2D eigenvalue weighted by Crippen LogP contribution is 2.51. The average Bonchev–Trinajstić information content (AvgIpc) is 2.44. The zero-order valence-electron chi connectivity index (χ0n) is 12.6. The normalized spacial score (nSPS) is 12.2. The Morgan fingerprint density at radius 3 is 2.33 bits per heavy atom. The van der Waals surface area contributed by atoms with Gasteiger partial charge in [-0.3, -0.25) is 0 Å². The molecule has 0 fully saturated rings. The second-order valence-corrected chi connectivity index (χ2v) is 6.87. The summed E-state index contributed by atoms with van der Waals surface area (Å²) >= 11 is 8.33. The minimum atomic E-state index is 0.769. The van der Waals surface area contributed by atoms with Crippen molar-refractivity contribution < 1.29 is 0 Å². The van der Waals surface area contributed by atoms with Gasteiger partial charge in [0, 0.05) is 33.1 Å². The van der Waals surface area contributed by atoms with E-state index in [9.17, 15) is 0 Å². The summed E-state index contributed by atoms with van der Waals surface area (Å²) in [5, 5.41) is 4.26. The highest BCUT2D eigenvalue weighted by molar-refractivity contribution is 8.00. The van der Waals surface area contributed by atoms with Crippen molar-refractivity contribution >= 4 is 46.1 Å². The van der Waals surface area contributed by atoms with Gasteiger partial charge in [-0.2, -0.15) is 0 Å². The molecule has 1 aliphatic rings. The number of fused-ring (bicyclic) bond motifs is 2. The van der Waals surface area contributed by atoms with Crippen LogP contribution in [0.4, 0.5) is 22.7 Å². The molecule has 5 heteroatoms. The van der Waals surface area contributed by atoms with Crippen molar-refractivity contribution in [1.29, 1.82) is 0 Å². The van der Waals surface area contributed by atoms with Crippen LogP contribution in [0.5, 0.6) is 0 Å². The molecule has 1 heterocycles. The van der Waals surface area contributed by atoms with E-state index in [4.69, 9.17) is 11.6 Å². The highest BCUT2D eigenvalue weighted by Gasteiger charge is 2.23. The number of hydrogen-bond acceptors (Lipinski definition) is 4. The molecule has 1 aliphatic heterocycles. The summed E-state index contributed by atoms with van der Waals surface area (Å²) in [6.07, 6.45) is 0. The summed E-state index contributed by atoms with van der Waals surface area (Å²) in [5.74, 6) is 0. The summed E-state index contributed by atoms with van der Waals surface area (Å²) in [4.78, 5) is 6.56. The Morgan fingerprint density at radius 1 is 0.952 bits per heavy atom. The monoisotopic (exact) mass is 319 g/mol. The lowest BCUT2D eigenvalue weighted by molar-refractivity contribution is 1.09. The molecule has 21 heavy (non-hydrogen) atoms. The first-order valence-electron chi connectivity index (χ1n) is 6.74. The quantitative estimate of drug-likeness (QED) is 0.739. The van der Waals surface area contributed by atoms with Crippen LogP contribution >= 0.6 is 23.4 Å². The first kappa shape index (κ1) is 14.4. The summed E-state index contributed by atoms with van der Waals surface area (Å²) in [7, 11) is 8.13. The molecular formula is C16H18ClN3S. The van der Waals surface area contributed by atoms with E-state index < -0.39 is 0 Å². The van der Waals surface area contributed by atoms with Gasteiger partial charge in [0.2, 0.25) is 0 Å². The van der Waals surface area contributed by atoms with Gasteiger partial charge in [-0.15, -0.1) is 0 Å². The van der Waals surface area contributed by atoms with Crippen molar-refractivity contribution in [2.24, 2.45) is 0 Å². The van der Waals surface area contributed by atoms with Gasteiger partial charge in [-0.1, -0.05) is 29.4 Å². The lowest BCUT2D eigenvalue weighted by Crippen LogP contribution is -2.13. The third-order valence-corrected chi connectivity index (χ3v) is 5.09. The van der Waals surface area contributed by atoms with Crippen molar-refractivity contribution in [3.8, 4) is 0 Å². The number of benzene rings is 2. The molecule has 110 valence electrons. The Hall–Kier alpha value is -1.52. The number of hydrogen-bond donors (Lipinski definition) is 1. The van der Waals surface area contributed by atoms with Crippen LogP contribution in [0.3, 0.4) is 0 Å². The van der Waals surface area contributed by atoms with E-state index in [-0.39, 0.29) is 0 Å². The Labute approximate surface area is 134 Å². The van der Waals surface area contributed by atoms with E-state index in [0.717, 1.165) is 27.0 Å². The molecule has 0 spiro atoms. The molecule has 3 rings (SSSR count). The number of nitrogens with one attached hydrogen (secondary N) is 1. The minimum Gasteiger partial charge on any atom is -0.377 e. The maximum Gasteiger partial charge on any atom is 0.0885 e. The Balaban J connectivity index is 2.10. The second-order valence-electron chi connectivity index (χ2n) is 5.44. The topological polar surface area (TPSA) is 18.5 Å². The van der Waals surface area contributed by atoms with Crippen LogP contribution in [0, 0.1) is 0 Å². The summed E-state index contributed by atoms with van der Waals surface area (Å²) < 4.78 is 0. The van der Waals surface area contributed by atoms with Gasteiger partial charge in [-0.05, 0) is 24.3 Å². The highest BCUT2D eigenvalue weighted by atomic mass is 35.5. The van der Waals surface area contributed by atoms with Crippen molar-refractivity contribution in [3.05, 3.63) is 35.4 Å². The van der Waals surface area contributed by atoms with Crippen LogP contribution in [-0.2, 0) is 0 Å². The van der Waals surface area contributed by atoms with Crippen molar-refractivity contribution in [2.45, 2.75) is 9.79 Å². The van der Waals surface area contributed by atoms with Gasteiger partial charge < -0.3 is 15.1 Å². The lowest BCUT2D eigenvalue weighted by atomic mass is 10.2. The Bertz CT molecular complexity index is 698. The van der Waals surface area contributed by atoms with Crippen LogP contribution in [0.15, 0.2) is 40.1 Å². The molecule has 0 aromatic heterocycles. The van der Waals surface area contributed by atoms with Crippen molar-refractivity contribution in [2.75, 3.05) is 43.3 Å². The first-order chi connectivity index (χ1) is 9.99. The molecular weight excluding hydrogens is 302 g/mol. The minimum absolute atomic E-state index is 0.769. The van der Waals surface area contributed by atoms with Gasteiger partial charge in [-0.25, -0.2) is 0 Å². The van der Waals surface area contributed by atoms with Crippen molar-refractivity contribution in [1.82, 2.24) is 0 Å². The Kier molecular flexibility index (Phi) is 3.68. The molecule has 0 bridgehead atoms. The third-order valence-electron chi connectivity index (χ3n) is 3.51. The number of rotatable bonds is 2. The molecule has 3 nitrogen and oxygen atoms in total. The molecule has 1 N–H and O–H groups in total. The van der Waals surface area contributed by atoms with E-state index in [1.807, 2.05) is 19.0 Å². The van der Waals surface area contributed by atoms with Gasteiger partial charge in [0.1, 0.15) is 0 Å².